The Labute approximate surface area is 113 Å². The molecular weight excluding hydrogens is 244 g/mol. The van der Waals surface area contributed by atoms with Crippen molar-refractivity contribution in [3.05, 3.63) is 12.1 Å². The first-order valence-electron chi connectivity index (χ1n) is 6.55. The van der Waals surface area contributed by atoms with E-state index in [-0.39, 0.29) is 0 Å². The summed E-state index contributed by atoms with van der Waals surface area (Å²) < 4.78 is 16.4. The highest BCUT2D eigenvalue weighted by Crippen LogP contribution is 2.41. The molecule has 2 aliphatic heterocycles. The van der Waals surface area contributed by atoms with Gasteiger partial charge in [-0.05, 0) is 0 Å². The van der Waals surface area contributed by atoms with Crippen LogP contribution >= 0.6 is 0 Å². The van der Waals surface area contributed by atoms with Gasteiger partial charge in [-0.25, -0.2) is 0 Å². The summed E-state index contributed by atoms with van der Waals surface area (Å²) in [6, 6.07) is 4.46. The Balaban J connectivity index is 2.03. The predicted octanol–water partition coefficient (Wildman–Crippen LogP) is 1.58. The molecule has 0 spiro atoms. The fourth-order valence-electron chi connectivity index (χ4n) is 2.93. The molecule has 1 aromatic rings. The lowest BCUT2D eigenvalue weighted by Crippen LogP contribution is -2.37. The maximum Gasteiger partial charge on any atom is 0.162 e. The van der Waals surface area contributed by atoms with Crippen LogP contribution in [0.15, 0.2) is 12.1 Å². The number of rotatable bonds is 2. The van der Waals surface area contributed by atoms with Crippen molar-refractivity contribution in [1.29, 1.82) is 0 Å². The molecule has 2 atom stereocenters. The molecule has 0 aromatic heterocycles. The highest BCUT2D eigenvalue weighted by Gasteiger charge is 2.35. The summed E-state index contributed by atoms with van der Waals surface area (Å²) in [6.07, 6.45) is 0. The molecule has 0 bridgehead atoms. The van der Waals surface area contributed by atoms with Gasteiger partial charge in [-0.3, -0.25) is 0 Å². The van der Waals surface area contributed by atoms with Crippen LogP contribution in [0.1, 0.15) is 0 Å². The van der Waals surface area contributed by atoms with Crippen molar-refractivity contribution in [1.82, 2.24) is 0 Å². The first-order valence-corrected chi connectivity index (χ1v) is 6.55. The van der Waals surface area contributed by atoms with Crippen LogP contribution in [0.2, 0.25) is 0 Å². The first kappa shape index (κ1) is 12.4. The van der Waals surface area contributed by atoms with Gasteiger partial charge in [-0.2, -0.15) is 0 Å². The van der Waals surface area contributed by atoms with Crippen LogP contribution in [0.25, 0.3) is 0 Å². The Morgan fingerprint density at radius 1 is 1.21 bits per heavy atom. The molecule has 0 amide bonds. The van der Waals surface area contributed by atoms with Gasteiger partial charge < -0.3 is 24.4 Å². The normalized spacial score (nSPS) is 25.1. The highest BCUT2D eigenvalue weighted by molar-refractivity contribution is 5.76. The molecule has 5 nitrogen and oxygen atoms in total. The zero-order chi connectivity index (χ0) is 13.4. The molecule has 0 saturated carbocycles. The Morgan fingerprint density at radius 2 is 1.95 bits per heavy atom. The topological polar surface area (TPSA) is 43.0 Å². The number of hydrogen-bond acceptors (Lipinski definition) is 5. The van der Waals surface area contributed by atoms with Crippen LogP contribution in [0.5, 0.6) is 11.5 Å². The van der Waals surface area contributed by atoms with E-state index in [1.54, 1.807) is 14.2 Å². The molecule has 2 unspecified atom stereocenters. The summed E-state index contributed by atoms with van der Waals surface area (Å²) in [5.41, 5.74) is 2.23. The molecule has 1 N–H and O–H groups in total. The SMILES string of the molecule is COc1cc2c(cc1OC)N(C)C1COCC1CN2. The van der Waals surface area contributed by atoms with Gasteiger partial charge in [-0.15, -0.1) is 0 Å². The minimum atomic E-state index is 0.423. The largest absolute Gasteiger partial charge is 0.493 e. The first-order chi connectivity index (χ1) is 9.24. The Kier molecular flexibility index (Phi) is 3.14. The van der Waals surface area contributed by atoms with Gasteiger partial charge in [0.2, 0.25) is 0 Å². The minimum Gasteiger partial charge on any atom is -0.493 e. The second-order valence-corrected chi connectivity index (χ2v) is 5.08. The molecule has 1 fully saturated rings. The van der Waals surface area contributed by atoms with Gasteiger partial charge in [0.25, 0.3) is 0 Å². The van der Waals surface area contributed by atoms with E-state index in [0.717, 1.165) is 42.6 Å². The number of fused-ring (bicyclic) bond motifs is 2. The second kappa shape index (κ2) is 4.81. The quantitative estimate of drug-likeness (QED) is 0.878. The standard InChI is InChI=1S/C14H20N2O3/c1-16-11-5-14(18-3)13(17-2)4-10(11)15-6-9-7-19-8-12(9)16/h4-5,9,12,15H,6-8H2,1-3H3. The predicted molar refractivity (Wildman–Crippen MR) is 74.5 cm³/mol. The van der Waals surface area contributed by atoms with Gasteiger partial charge >= 0.3 is 0 Å². The fourth-order valence-corrected chi connectivity index (χ4v) is 2.93. The number of hydrogen-bond donors (Lipinski definition) is 1. The summed E-state index contributed by atoms with van der Waals surface area (Å²) in [6.45, 7) is 2.54. The minimum absolute atomic E-state index is 0.423. The average molecular weight is 264 g/mol. The van der Waals surface area contributed by atoms with Crippen LogP contribution in [0.3, 0.4) is 0 Å². The zero-order valence-corrected chi connectivity index (χ0v) is 11.6. The maximum atomic E-state index is 5.60. The van der Waals surface area contributed by atoms with Crippen LogP contribution in [-0.4, -0.2) is 47.1 Å². The van der Waals surface area contributed by atoms with Crippen LogP contribution in [0.4, 0.5) is 11.4 Å². The Morgan fingerprint density at radius 3 is 2.68 bits per heavy atom. The van der Waals surface area contributed by atoms with E-state index in [1.807, 2.05) is 12.1 Å². The summed E-state index contributed by atoms with van der Waals surface area (Å²) in [5.74, 6) is 2.03. The van der Waals surface area contributed by atoms with Gasteiger partial charge in [0, 0.05) is 31.6 Å². The molecule has 0 radical (unpaired) electrons. The van der Waals surface area contributed by atoms with Crippen molar-refractivity contribution in [2.75, 3.05) is 51.2 Å². The third kappa shape index (κ3) is 1.98. The Hall–Kier alpha value is -1.62. The van der Waals surface area contributed by atoms with Crippen LogP contribution in [0, 0.1) is 5.92 Å². The van der Waals surface area contributed by atoms with E-state index < -0.39 is 0 Å². The van der Waals surface area contributed by atoms with Crippen molar-refractivity contribution in [3.8, 4) is 11.5 Å². The number of nitrogens with one attached hydrogen (secondary N) is 1. The highest BCUT2D eigenvalue weighted by atomic mass is 16.5. The Bertz CT molecular complexity index is 478. The molecule has 2 heterocycles. The summed E-state index contributed by atoms with van der Waals surface area (Å²) in [4.78, 5) is 2.29. The lowest BCUT2D eigenvalue weighted by molar-refractivity contribution is 0.185. The third-order valence-electron chi connectivity index (χ3n) is 4.10. The molecule has 104 valence electrons. The van der Waals surface area contributed by atoms with E-state index >= 15 is 0 Å². The third-order valence-corrected chi connectivity index (χ3v) is 4.10. The van der Waals surface area contributed by atoms with Crippen LogP contribution < -0.4 is 19.7 Å². The molecule has 3 rings (SSSR count). The van der Waals surface area contributed by atoms with Gasteiger partial charge in [0.15, 0.2) is 11.5 Å². The molecule has 5 heteroatoms. The number of methoxy groups -OCH3 is 2. The number of benzene rings is 1. The van der Waals surface area contributed by atoms with E-state index in [2.05, 4.69) is 17.3 Å². The summed E-state index contributed by atoms with van der Waals surface area (Å²) in [5, 5.41) is 3.50. The number of ether oxygens (including phenoxy) is 3. The summed E-state index contributed by atoms with van der Waals surface area (Å²) >= 11 is 0. The van der Waals surface area contributed by atoms with E-state index in [4.69, 9.17) is 14.2 Å². The molecule has 1 aromatic carbocycles. The van der Waals surface area contributed by atoms with Crippen LogP contribution in [-0.2, 0) is 4.74 Å². The van der Waals surface area contributed by atoms with Gasteiger partial charge in [-0.1, -0.05) is 0 Å². The van der Waals surface area contributed by atoms with Crippen molar-refractivity contribution in [2.24, 2.45) is 5.92 Å². The number of likely N-dealkylation sites (N-methyl/N-ethyl adjacent to an activating group) is 1. The molecule has 0 aliphatic carbocycles. The van der Waals surface area contributed by atoms with Gasteiger partial charge in [0.1, 0.15) is 0 Å². The molecule has 19 heavy (non-hydrogen) atoms. The van der Waals surface area contributed by atoms with Crippen molar-refractivity contribution >= 4 is 11.4 Å². The van der Waals surface area contributed by atoms with E-state index in [9.17, 15) is 0 Å². The molecule has 1 saturated heterocycles. The zero-order valence-electron chi connectivity index (χ0n) is 11.6. The molecular formula is C14H20N2O3. The molecule has 2 aliphatic rings. The van der Waals surface area contributed by atoms with Crippen molar-refractivity contribution < 1.29 is 14.2 Å². The number of nitrogens with zero attached hydrogens (tertiary/aromatic N) is 1. The monoisotopic (exact) mass is 264 g/mol. The van der Waals surface area contributed by atoms with Crippen molar-refractivity contribution in [2.45, 2.75) is 6.04 Å². The lowest BCUT2D eigenvalue weighted by atomic mass is 10.0. The smallest absolute Gasteiger partial charge is 0.162 e. The summed E-state index contributed by atoms with van der Waals surface area (Å²) in [7, 11) is 5.44. The van der Waals surface area contributed by atoms with E-state index in [0.29, 0.717) is 12.0 Å². The maximum absolute atomic E-state index is 5.60. The second-order valence-electron chi connectivity index (χ2n) is 5.08. The van der Waals surface area contributed by atoms with Gasteiger partial charge in [0.05, 0.1) is 44.8 Å². The van der Waals surface area contributed by atoms with Crippen molar-refractivity contribution in [3.63, 3.8) is 0 Å². The fraction of sp³-hybridized carbons (Fsp3) is 0.571. The number of anilines is 2. The lowest BCUT2D eigenvalue weighted by Gasteiger charge is -2.28. The van der Waals surface area contributed by atoms with E-state index in [1.165, 1.54) is 0 Å². The average Bonchev–Trinajstić information content (AvgIpc) is 2.87.